The Bertz CT molecular complexity index is 1770. The number of hydrogen-bond donors (Lipinski definition) is 0. The molecule has 2 aromatic carbocycles. The Morgan fingerprint density at radius 2 is 1.37 bits per heavy atom. The molecule has 2 aromatic rings. The summed E-state index contributed by atoms with van der Waals surface area (Å²) in [5.41, 5.74) is 1.43. The zero-order valence-electron chi connectivity index (χ0n) is 38.8. The first-order valence-corrected chi connectivity index (χ1v) is 36.7. The molecule has 1 fully saturated rings. The summed E-state index contributed by atoms with van der Waals surface area (Å²) in [5, 5.41) is 2.02. The molecule has 0 spiro atoms. The normalized spacial score (nSPS) is 21.2. The van der Waals surface area contributed by atoms with Gasteiger partial charge < -0.3 is 41.6 Å². The molecule has 1 amide bonds. The molecule has 0 unspecified atom stereocenters. The molecule has 0 radical (unpaired) electrons. The van der Waals surface area contributed by atoms with Gasteiger partial charge in [-0.05, 0) is 121 Å². The Hall–Kier alpha value is -1.98. The number of allylic oxidation sites excluding steroid dienone is 1. The molecule has 1 heterocycles. The van der Waals surface area contributed by atoms with E-state index >= 15 is 0 Å². The van der Waals surface area contributed by atoms with E-state index in [1.807, 2.05) is 50.2 Å². The lowest BCUT2D eigenvalue weighted by atomic mass is 9.98. The minimum absolute atomic E-state index is 0.107. The van der Waals surface area contributed by atoms with Crippen LogP contribution in [0.2, 0.25) is 78.6 Å². The molecule has 60 heavy (non-hydrogen) atoms. The highest BCUT2D eigenvalue weighted by Gasteiger charge is 2.53. The number of esters is 2. The van der Waals surface area contributed by atoms with Crippen LogP contribution in [0.15, 0.2) is 47.0 Å². The van der Waals surface area contributed by atoms with Gasteiger partial charge in [0.15, 0.2) is 39.6 Å². The zero-order valence-corrected chi connectivity index (χ0v) is 44.4. The quantitative estimate of drug-likeness (QED) is 0.0454. The van der Waals surface area contributed by atoms with Gasteiger partial charge >= 0.3 is 11.9 Å². The number of carbonyl (C=O) groups excluding carboxylic acids is 3. The molecule has 0 bridgehead atoms. The van der Waals surface area contributed by atoms with E-state index in [1.54, 1.807) is 24.8 Å². The number of amides is 1. The standard InChI is InChI=1S/C42H71NO11S2Si4/c1-17-55-56-36(22-23-48-41(46)29(2)31-18-19-33-25-34(47-4)21-20-32(33)24-31)30(3)43(28-44)26-37(45)49-27-35-38(51-57(5,6)7)39(52-58(8,9)10)40(53-59(11,12)13)42(50-35)54-60(14,15)16/h18-21,24-25,28-29,35,38-40,42H,17,22-23,26-27H2,1-16H3/b36-30-/t29-,35+,38+,39-,40+,42+/m0/s1. The first-order valence-electron chi connectivity index (χ1n) is 20.7. The van der Waals surface area contributed by atoms with E-state index < -0.39 is 75.9 Å². The SMILES string of the molecule is CCSS/C(CCOC(=O)[C@@H](C)c1ccc2cc(OC)ccc2c1)=C(/C)N(C=O)CC(=O)OC[C@H]1O[C@H](O[Si](C)(C)C)[C@H](O[Si](C)(C)C)[C@@H](O[Si](C)(C)C)[C@@H]1O[Si](C)(C)C. The molecular weight excluding hydrogens is 871 g/mol. The number of rotatable bonds is 23. The van der Waals surface area contributed by atoms with E-state index in [9.17, 15) is 14.4 Å². The maximum absolute atomic E-state index is 13.6. The first kappa shape index (κ1) is 52.4. The van der Waals surface area contributed by atoms with Gasteiger partial charge in [-0.3, -0.25) is 14.4 Å². The van der Waals surface area contributed by atoms with Crippen LogP contribution in [0.25, 0.3) is 10.8 Å². The van der Waals surface area contributed by atoms with Gasteiger partial charge in [-0.2, -0.15) is 0 Å². The summed E-state index contributed by atoms with van der Waals surface area (Å²) in [6, 6.07) is 11.7. The monoisotopic (exact) mass is 941 g/mol. The summed E-state index contributed by atoms with van der Waals surface area (Å²) < 4.78 is 50.9. The molecule has 1 aliphatic rings. The summed E-state index contributed by atoms with van der Waals surface area (Å²) in [7, 11) is -3.95. The van der Waals surface area contributed by atoms with E-state index in [0.29, 0.717) is 18.5 Å². The van der Waals surface area contributed by atoms with Crippen LogP contribution in [0.3, 0.4) is 0 Å². The topological polar surface area (TPSA) is 128 Å². The Morgan fingerprint density at radius 3 is 1.93 bits per heavy atom. The number of carbonyl (C=O) groups is 3. The second-order valence-electron chi connectivity index (χ2n) is 18.9. The lowest BCUT2D eigenvalue weighted by Gasteiger charge is -2.51. The Labute approximate surface area is 371 Å². The lowest BCUT2D eigenvalue weighted by Crippen LogP contribution is -2.67. The Morgan fingerprint density at radius 1 is 0.800 bits per heavy atom. The predicted molar refractivity (Wildman–Crippen MR) is 254 cm³/mol. The van der Waals surface area contributed by atoms with Crippen molar-refractivity contribution in [3.63, 3.8) is 0 Å². The van der Waals surface area contributed by atoms with Crippen molar-refractivity contribution in [3.05, 3.63) is 52.6 Å². The van der Waals surface area contributed by atoms with Crippen molar-refractivity contribution in [1.29, 1.82) is 0 Å². The third kappa shape index (κ3) is 17.3. The van der Waals surface area contributed by atoms with Crippen LogP contribution in [0, 0.1) is 0 Å². The van der Waals surface area contributed by atoms with Gasteiger partial charge in [-0.15, -0.1) is 0 Å². The molecule has 0 aromatic heterocycles. The van der Waals surface area contributed by atoms with Crippen molar-refractivity contribution >= 4 is 84.0 Å². The molecule has 1 saturated heterocycles. The summed E-state index contributed by atoms with van der Waals surface area (Å²) in [4.78, 5) is 41.5. The fraction of sp³-hybridized carbons (Fsp3) is 0.643. The Balaban J connectivity index is 1.78. The van der Waals surface area contributed by atoms with Gasteiger partial charge in [-0.1, -0.05) is 52.8 Å². The lowest BCUT2D eigenvalue weighted by molar-refractivity contribution is -0.270. The van der Waals surface area contributed by atoms with Gasteiger partial charge in [0.25, 0.3) is 0 Å². The average Bonchev–Trinajstić information content (AvgIpc) is 3.13. The van der Waals surface area contributed by atoms with E-state index in [4.69, 9.17) is 36.7 Å². The van der Waals surface area contributed by atoms with Crippen molar-refractivity contribution in [2.24, 2.45) is 0 Å². The summed E-state index contributed by atoms with van der Waals surface area (Å²) in [6.07, 6.45) is -2.13. The Kier molecular flexibility index (Phi) is 19.7. The molecule has 12 nitrogen and oxygen atoms in total. The summed E-state index contributed by atoms with van der Waals surface area (Å²) in [5.74, 6) is 0.140. The van der Waals surface area contributed by atoms with Crippen LogP contribution in [0.5, 0.6) is 5.75 Å². The number of nitrogens with zero attached hydrogens (tertiary/aromatic N) is 1. The molecule has 338 valence electrons. The smallest absolute Gasteiger partial charge is 0.326 e. The summed E-state index contributed by atoms with van der Waals surface area (Å²) in [6.45, 7) is 30.7. The van der Waals surface area contributed by atoms with E-state index in [1.165, 1.54) is 15.7 Å². The maximum Gasteiger partial charge on any atom is 0.326 e. The largest absolute Gasteiger partial charge is 0.497 e. The highest BCUT2D eigenvalue weighted by Crippen LogP contribution is 2.37. The number of ether oxygens (including phenoxy) is 4. The average molecular weight is 943 g/mol. The second kappa shape index (κ2) is 22.6. The molecule has 6 atom stereocenters. The van der Waals surface area contributed by atoms with Crippen LogP contribution >= 0.6 is 21.6 Å². The van der Waals surface area contributed by atoms with Crippen LogP contribution in [-0.4, -0.2) is 120 Å². The first-order chi connectivity index (χ1) is 27.7. The van der Waals surface area contributed by atoms with Gasteiger partial charge in [-0.25, -0.2) is 0 Å². The number of hydrogen-bond acceptors (Lipinski definition) is 13. The zero-order chi connectivity index (χ0) is 45.2. The fourth-order valence-electron chi connectivity index (χ4n) is 6.39. The minimum Gasteiger partial charge on any atom is -0.497 e. The summed E-state index contributed by atoms with van der Waals surface area (Å²) >= 11 is 0. The maximum atomic E-state index is 13.6. The van der Waals surface area contributed by atoms with Crippen LogP contribution in [0.1, 0.15) is 38.7 Å². The number of benzene rings is 2. The van der Waals surface area contributed by atoms with Crippen molar-refractivity contribution in [2.75, 3.05) is 32.6 Å². The third-order valence-electron chi connectivity index (χ3n) is 8.98. The van der Waals surface area contributed by atoms with Crippen LogP contribution < -0.4 is 4.74 Å². The van der Waals surface area contributed by atoms with Gasteiger partial charge in [0.2, 0.25) is 6.41 Å². The van der Waals surface area contributed by atoms with E-state index in [2.05, 4.69) is 78.6 Å². The van der Waals surface area contributed by atoms with Gasteiger partial charge in [0, 0.05) is 22.8 Å². The molecular formula is C42H71NO11S2Si4. The molecule has 0 N–H and O–H groups in total. The molecule has 1 aliphatic heterocycles. The molecule has 0 aliphatic carbocycles. The molecule has 0 saturated carbocycles. The number of fused-ring (bicyclic) bond motifs is 1. The van der Waals surface area contributed by atoms with E-state index in [0.717, 1.165) is 32.7 Å². The van der Waals surface area contributed by atoms with Crippen molar-refractivity contribution in [3.8, 4) is 5.75 Å². The highest BCUT2D eigenvalue weighted by atomic mass is 33.1. The molecule has 3 rings (SSSR count). The number of methoxy groups -OCH3 is 1. The van der Waals surface area contributed by atoms with E-state index in [-0.39, 0.29) is 25.7 Å². The van der Waals surface area contributed by atoms with Crippen molar-refractivity contribution < 1.29 is 51.0 Å². The fourth-order valence-corrected chi connectivity index (χ4v) is 12.6. The van der Waals surface area contributed by atoms with Crippen molar-refractivity contribution in [2.45, 2.75) is 142 Å². The minimum atomic E-state index is -2.20. The third-order valence-corrected chi connectivity index (χ3v) is 15.6. The second-order valence-corrected chi connectivity index (χ2v) is 39.4. The van der Waals surface area contributed by atoms with Crippen LogP contribution in [0.4, 0.5) is 0 Å². The molecule has 18 heteroatoms. The highest BCUT2D eigenvalue weighted by molar-refractivity contribution is 8.78. The van der Waals surface area contributed by atoms with Crippen molar-refractivity contribution in [1.82, 2.24) is 4.90 Å². The van der Waals surface area contributed by atoms with Gasteiger partial charge in [0.05, 0.1) is 19.6 Å². The van der Waals surface area contributed by atoms with Gasteiger partial charge in [0.1, 0.15) is 43.3 Å². The van der Waals surface area contributed by atoms with Crippen LogP contribution in [-0.2, 0) is 46.3 Å². The predicted octanol–water partition coefficient (Wildman–Crippen LogP) is 9.76.